The van der Waals surface area contributed by atoms with Gasteiger partial charge < -0.3 is 14.4 Å². The molecule has 26 heavy (non-hydrogen) atoms. The number of carbonyl (C=O) groups is 4. The summed E-state index contributed by atoms with van der Waals surface area (Å²) in [5, 5.41) is 1.92. The molecule has 1 aromatic rings. The van der Waals surface area contributed by atoms with Crippen LogP contribution in [0.4, 0.5) is 10.5 Å². The number of rotatable bonds is 5. The minimum atomic E-state index is -1.18. The van der Waals surface area contributed by atoms with Crippen LogP contribution < -0.4 is 10.2 Å². The van der Waals surface area contributed by atoms with E-state index < -0.39 is 30.0 Å². The van der Waals surface area contributed by atoms with Gasteiger partial charge in [-0.1, -0.05) is 6.07 Å². The molecule has 0 radical (unpaired) electrons. The molecule has 1 fully saturated rings. The van der Waals surface area contributed by atoms with Crippen LogP contribution in [0.25, 0.3) is 0 Å². The molecule has 0 bridgehead atoms. The molecular weight excluding hydrogens is 360 g/mol. The van der Waals surface area contributed by atoms with Gasteiger partial charge in [0.05, 0.1) is 13.0 Å². The highest BCUT2D eigenvalue weighted by Gasteiger charge is 2.37. The molecule has 1 heterocycles. The lowest BCUT2D eigenvalue weighted by Crippen LogP contribution is -2.40. The third-order valence-corrected chi connectivity index (χ3v) is 4.62. The van der Waals surface area contributed by atoms with Crippen molar-refractivity contribution in [3.05, 3.63) is 24.3 Å². The van der Waals surface area contributed by atoms with Crippen LogP contribution >= 0.6 is 11.8 Å². The van der Waals surface area contributed by atoms with E-state index in [2.05, 4.69) is 4.74 Å². The number of benzene rings is 1. The van der Waals surface area contributed by atoms with E-state index in [1.165, 1.54) is 11.8 Å². The van der Waals surface area contributed by atoms with Crippen molar-refractivity contribution in [2.24, 2.45) is 5.92 Å². The Morgan fingerprint density at radius 1 is 1.35 bits per heavy atom. The molecule has 0 saturated carbocycles. The van der Waals surface area contributed by atoms with E-state index in [0.717, 1.165) is 12.0 Å². The molecule has 1 aliphatic heterocycles. The molecule has 1 N–H and O–H groups in total. The lowest BCUT2D eigenvalue weighted by atomic mass is 10.1. The van der Waals surface area contributed by atoms with Gasteiger partial charge in [0.25, 0.3) is 5.91 Å². The summed E-state index contributed by atoms with van der Waals surface area (Å²) in [6, 6.07) is 7.46. The molecule has 1 aliphatic rings. The van der Waals surface area contributed by atoms with Crippen molar-refractivity contribution in [2.45, 2.75) is 24.3 Å². The van der Waals surface area contributed by atoms with Gasteiger partial charge in [0.1, 0.15) is 0 Å². The Hall–Kier alpha value is -2.55. The quantitative estimate of drug-likeness (QED) is 0.611. The zero-order valence-corrected chi connectivity index (χ0v) is 15.5. The average molecular weight is 380 g/mol. The number of ether oxygens (including phenoxy) is 2. The summed E-state index contributed by atoms with van der Waals surface area (Å²) < 4.78 is 9.38. The van der Waals surface area contributed by atoms with Gasteiger partial charge in [-0.25, -0.2) is 4.79 Å². The highest BCUT2D eigenvalue weighted by atomic mass is 32.2. The first-order valence-electron chi connectivity index (χ1n) is 7.89. The summed E-state index contributed by atoms with van der Waals surface area (Å²) in [7, 11) is 1.12. The Labute approximate surface area is 155 Å². The Morgan fingerprint density at radius 3 is 2.73 bits per heavy atom. The summed E-state index contributed by atoms with van der Waals surface area (Å²) in [6.07, 6.45) is -0.168. The highest BCUT2D eigenvalue weighted by molar-refractivity contribution is 7.98. The van der Waals surface area contributed by atoms with Crippen LogP contribution in [0.3, 0.4) is 0 Å². The second kappa shape index (κ2) is 8.70. The fourth-order valence-corrected chi connectivity index (χ4v) is 2.92. The predicted molar refractivity (Wildman–Crippen MR) is 94.8 cm³/mol. The standard InChI is InChI=1S/C17H20N2O6S/c1-10(15(21)18-17(23)24-2)25-16(22)11-7-14(20)19(9-11)12-5-4-6-13(8-12)26-3/h4-6,8,10-11H,7,9H2,1-3H3,(H,18,21,23)/t10-,11+/m1/s1. The first kappa shape index (κ1) is 19.8. The van der Waals surface area contributed by atoms with Crippen molar-refractivity contribution in [3.63, 3.8) is 0 Å². The minimum Gasteiger partial charge on any atom is -0.453 e. The molecule has 3 amide bonds. The van der Waals surface area contributed by atoms with Gasteiger partial charge in [-0.3, -0.25) is 19.7 Å². The van der Waals surface area contributed by atoms with Gasteiger partial charge >= 0.3 is 12.1 Å². The SMILES string of the molecule is COC(=O)NC(=O)[C@@H](C)OC(=O)[C@H]1CC(=O)N(c2cccc(SC)c2)C1. The Bertz CT molecular complexity index is 723. The van der Waals surface area contributed by atoms with Crippen LogP contribution in [0.2, 0.25) is 0 Å². The van der Waals surface area contributed by atoms with Crippen LogP contribution in [0, 0.1) is 5.92 Å². The van der Waals surface area contributed by atoms with Crippen molar-refractivity contribution in [1.29, 1.82) is 0 Å². The Balaban J connectivity index is 1.97. The number of nitrogens with zero attached hydrogens (tertiary/aromatic N) is 1. The fraction of sp³-hybridized carbons (Fsp3) is 0.412. The fourth-order valence-electron chi connectivity index (χ4n) is 2.47. The lowest BCUT2D eigenvalue weighted by Gasteiger charge is -2.18. The van der Waals surface area contributed by atoms with Crippen molar-refractivity contribution in [2.75, 3.05) is 24.8 Å². The van der Waals surface area contributed by atoms with E-state index in [9.17, 15) is 19.2 Å². The first-order chi connectivity index (χ1) is 12.3. The number of amides is 3. The normalized spacial score (nSPS) is 17.6. The van der Waals surface area contributed by atoms with E-state index >= 15 is 0 Å². The summed E-state index contributed by atoms with van der Waals surface area (Å²) in [4.78, 5) is 49.8. The van der Waals surface area contributed by atoms with Crippen LogP contribution in [-0.4, -0.2) is 49.9 Å². The van der Waals surface area contributed by atoms with Crippen molar-refractivity contribution >= 4 is 41.3 Å². The topological polar surface area (TPSA) is 102 Å². The largest absolute Gasteiger partial charge is 0.453 e. The monoisotopic (exact) mass is 380 g/mol. The van der Waals surface area contributed by atoms with E-state index in [4.69, 9.17) is 4.74 Å². The zero-order valence-electron chi connectivity index (χ0n) is 14.7. The number of imide groups is 1. The molecule has 8 nitrogen and oxygen atoms in total. The van der Waals surface area contributed by atoms with E-state index in [1.807, 2.05) is 29.8 Å². The smallest absolute Gasteiger partial charge is 0.413 e. The van der Waals surface area contributed by atoms with Gasteiger partial charge in [-0.2, -0.15) is 0 Å². The first-order valence-corrected chi connectivity index (χ1v) is 9.12. The average Bonchev–Trinajstić information content (AvgIpc) is 3.03. The maximum atomic E-state index is 12.3. The molecule has 2 rings (SSSR count). The van der Waals surface area contributed by atoms with E-state index in [0.29, 0.717) is 5.69 Å². The number of alkyl carbamates (subject to hydrolysis) is 1. The summed E-state index contributed by atoms with van der Waals surface area (Å²) >= 11 is 1.56. The zero-order chi connectivity index (χ0) is 19.3. The third kappa shape index (κ3) is 4.75. The van der Waals surface area contributed by atoms with Crippen molar-refractivity contribution in [3.8, 4) is 0 Å². The maximum Gasteiger partial charge on any atom is 0.413 e. The number of methoxy groups -OCH3 is 1. The van der Waals surface area contributed by atoms with E-state index in [-0.39, 0.29) is 18.9 Å². The number of hydrogen-bond acceptors (Lipinski definition) is 7. The van der Waals surface area contributed by atoms with Crippen molar-refractivity contribution < 1.29 is 28.7 Å². The van der Waals surface area contributed by atoms with Crippen LogP contribution in [0.15, 0.2) is 29.2 Å². The number of nitrogens with one attached hydrogen (secondary N) is 1. The molecule has 1 aromatic carbocycles. The highest BCUT2D eigenvalue weighted by Crippen LogP contribution is 2.28. The summed E-state index contributed by atoms with van der Waals surface area (Å²) in [5.74, 6) is -2.31. The second-order valence-corrected chi connectivity index (χ2v) is 6.55. The number of hydrogen-bond donors (Lipinski definition) is 1. The molecular formula is C17H20N2O6S. The maximum absolute atomic E-state index is 12.3. The molecule has 2 atom stereocenters. The number of carbonyl (C=O) groups excluding carboxylic acids is 4. The molecule has 9 heteroatoms. The molecule has 0 spiro atoms. The summed E-state index contributed by atoms with van der Waals surface area (Å²) in [5.41, 5.74) is 0.716. The Kier molecular flexibility index (Phi) is 6.62. The predicted octanol–water partition coefficient (Wildman–Crippen LogP) is 1.58. The third-order valence-electron chi connectivity index (χ3n) is 3.90. The second-order valence-electron chi connectivity index (χ2n) is 5.67. The van der Waals surface area contributed by atoms with Crippen LogP contribution in [-0.2, 0) is 23.9 Å². The Morgan fingerprint density at radius 2 is 2.08 bits per heavy atom. The number of anilines is 1. The number of thioether (sulfide) groups is 1. The van der Waals surface area contributed by atoms with Crippen LogP contribution in [0.1, 0.15) is 13.3 Å². The van der Waals surface area contributed by atoms with Crippen molar-refractivity contribution in [1.82, 2.24) is 5.32 Å². The number of esters is 1. The van der Waals surface area contributed by atoms with Crippen LogP contribution in [0.5, 0.6) is 0 Å². The molecule has 0 unspecified atom stereocenters. The van der Waals surface area contributed by atoms with Gasteiger partial charge in [-0.05, 0) is 31.4 Å². The molecule has 1 saturated heterocycles. The van der Waals surface area contributed by atoms with Gasteiger partial charge in [0, 0.05) is 23.5 Å². The van der Waals surface area contributed by atoms with Gasteiger partial charge in [0.2, 0.25) is 5.91 Å². The molecule has 0 aromatic heterocycles. The summed E-state index contributed by atoms with van der Waals surface area (Å²) in [6.45, 7) is 1.52. The minimum absolute atomic E-state index is 0.00761. The molecule has 140 valence electrons. The van der Waals surface area contributed by atoms with Gasteiger partial charge in [-0.15, -0.1) is 11.8 Å². The molecule has 0 aliphatic carbocycles. The van der Waals surface area contributed by atoms with Gasteiger partial charge in [0.15, 0.2) is 6.10 Å². The van der Waals surface area contributed by atoms with E-state index in [1.54, 1.807) is 17.8 Å². The lowest BCUT2D eigenvalue weighted by molar-refractivity contribution is -0.158.